The van der Waals surface area contributed by atoms with Crippen LogP contribution in [0.15, 0.2) is 42.5 Å². The summed E-state index contributed by atoms with van der Waals surface area (Å²) in [6.07, 6.45) is -0.118. The third kappa shape index (κ3) is 7.16. The molecule has 9 heteroatoms. The van der Waals surface area contributed by atoms with Gasteiger partial charge in [-0.15, -0.1) is 0 Å². The molecule has 0 atom stereocenters. The van der Waals surface area contributed by atoms with E-state index in [4.69, 9.17) is 4.74 Å². The van der Waals surface area contributed by atoms with E-state index in [2.05, 4.69) is 11.7 Å². The summed E-state index contributed by atoms with van der Waals surface area (Å²) in [5.41, 5.74) is -0.393. The minimum Gasteiger partial charge on any atom is -0.491 e. The van der Waals surface area contributed by atoms with Gasteiger partial charge in [-0.1, -0.05) is 38.0 Å². The minimum atomic E-state index is -4.01. The molecule has 3 aromatic rings. The van der Waals surface area contributed by atoms with Gasteiger partial charge >= 0.3 is 6.11 Å². The number of aryl methyl sites for hydroxylation is 1. The predicted octanol–water partition coefficient (Wildman–Crippen LogP) is 10.1. The second-order valence-electron chi connectivity index (χ2n) is 10.5. The first kappa shape index (κ1) is 30.7. The Morgan fingerprint density at radius 2 is 1.49 bits per heavy atom. The van der Waals surface area contributed by atoms with E-state index in [0.717, 1.165) is 56.7 Å². The van der Waals surface area contributed by atoms with Gasteiger partial charge in [0.2, 0.25) is 5.82 Å². The molecule has 3 aromatic carbocycles. The highest BCUT2D eigenvalue weighted by Gasteiger charge is 2.34. The maximum Gasteiger partial charge on any atom is 0.398 e. The Morgan fingerprint density at radius 1 is 0.780 bits per heavy atom. The predicted molar refractivity (Wildman–Crippen MR) is 143 cm³/mol. The molecule has 1 fully saturated rings. The van der Waals surface area contributed by atoms with Crippen LogP contribution in [0.25, 0.3) is 11.1 Å². The molecule has 2 nitrogen and oxygen atoms in total. The van der Waals surface area contributed by atoms with Gasteiger partial charge in [-0.25, -0.2) is 17.6 Å². The van der Waals surface area contributed by atoms with Crippen molar-refractivity contribution in [1.29, 1.82) is 0 Å². The average molecular weight is 583 g/mol. The summed E-state index contributed by atoms with van der Waals surface area (Å²) in [5.74, 6) is -6.86. The van der Waals surface area contributed by atoms with E-state index in [9.17, 15) is 30.7 Å². The van der Waals surface area contributed by atoms with Crippen molar-refractivity contribution < 1.29 is 40.2 Å². The Labute approximate surface area is 235 Å². The van der Waals surface area contributed by atoms with E-state index >= 15 is 0 Å². The van der Waals surface area contributed by atoms with Crippen molar-refractivity contribution in [2.24, 2.45) is 5.92 Å². The Hall–Kier alpha value is -3.23. The molecule has 0 radical (unpaired) electrons. The first-order valence-corrected chi connectivity index (χ1v) is 14.0. The first-order valence-electron chi connectivity index (χ1n) is 14.0. The molecule has 41 heavy (non-hydrogen) atoms. The molecule has 0 heterocycles. The highest BCUT2D eigenvalue weighted by Crippen LogP contribution is 2.40. The molecule has 0 aromatic heterocycles. The average Bonchev–Trinajstić information content (AvgIpc) is 2.94. The summed E-state index contributed by atoms with van der Waals surface area (Å²) in [4.78, 5) is 0. The Morgan fingerprint density at radius 3 is 2.15 bits per heavy atom. The SMILES string of the molecule is CCCC1CCC(c2ccc(CCC(F)(F)Oc3ccc(-c4ccc(OCC)c(F)c4)c(F)c3F)c(F)c2F)CC1. The molecule has 0 spiro atoms. The molecule has 1 aliphatic rings. The number of hydrogen-bond donors (Lipinski definition) is 0. The number of alkyl halides is 2. The number of benzene rings is 3. The van der Waals surface area contributed by atoms with Crippen LogP contribution in [0.2, 0.25) is 0 Å². The van der Waals surface area contributed by atoms with Gasteiger partial charge in [-0.2, -0.15) is 13.2 Å². The molecule has 1 saturated carbocycles. The zero-order valence-corrected chi connectivity index (χ0v) is 23.0. The Balaban J connectivity index is 1.42. The van der Waals surface area contributed by atoms with Crippen LogP contribution < -0.4 is 9.47 Å². The lowest BCUT2D eigenvalue weighted by Gasteiger charge is -2.29. The fraction of sp³-hybridized carbons (Fsp3) is 0.438. The number of hydrogen-bond acceptors (Lipinski definition) is 2. The van der Waals surface area contributed by atoms with Crippen molar-refractivity contribution in [2.45, 2.75) is 77.2 Å². The number of ether oxygens (including phenoxy) is 2. The monoisotopic (exact) mass is 582 g/mol. The molecular formula is C32H33F7O2. The maximum absolute atomic E-state index is 14.9. The molecule has 222 valence electrons. The largest absolute Gasteiger partial charge is 0.491 e. The van der Waals surface area contributed by atoms with Crippen molar-refractivity contribution in [1.82, 2.24) is 0 Å². The van der Waals surface area contributed by atoms with Gasteiger partial charge in [0.05, 0.1) is 13.0 Å². The lowest BCUT2D eigenvalue weighted by molar-refractivity contribution is -0.181. The van der Waals surface area contributed by atoms with Crippen LogP contribution in [-0.2, 0) is 6.42 Å². The molecule has 0 aliphatic heterocycles. The van der Waals surface area contributed by atoms with Gasteiger partial charge < -0.3 is 9.47 Å². The van der Waals surface area contributed by atoms with Crippen LogP contribution in [0, 0.1) is 35.0 Å². The minimum absolute atomic E-state index is 0.0318. The van der Waals surface area contributed by atoms with Gasteiger partial charge in [0.1, 0.15) is 0 Å². The number of rotatable bonds is 11. The van der Waals surface area contributed by atoms with Crippen LogP contribution in [-0.4, -0.2) is 12.7 Å². The summed E-state index contributed by atoms with van der Waals surface area (Å²) in [7, 11) is 0. The summed E-state index contributed by atoms with van der Waals surface area (Å²) in [6.45, 7) is 3.97. The first-order chi connectivity index (χ1) is 19.5. The van der Waals surface area contributed by atoms with Crippen LogP contribution in [0.4, 0.5) is 30.7 Å². The Kier molecular flexibility index (Phi) is 9.87. The molecule has 0 unspecified atom stereocenters. The van der Waals surface area contributed by atoms with E-state index in [0.29, 0.717) is 5.92 Å². The third-order valence-electron chi connectivity index (χ3n) is 7.71. The molecule has 1 aliphatic carbocycles. The second kappa shape index (κ2) is 13.2. The smallest absolute Gasteiger partial charge is 0.398 e. The highest BCUT2D eigenvalue weighted by atomic mass is 19.3. The Bertz CT molecular complexity index is 1350. The third-order valence-corrected chi connectivity index (χ3v) is 7.71. The van der Waals surface area contributed by atoms with Gasteiger partial charge in [0, 0.05) is 5.56 Å². The van der Waals surface area contributed by atoms with Crippen molar-refractivity contribution >= 4 is 0 Å². The van der Waals surface area contributed by atoms with Gasteiger partial charge in [-0.3, -0.25) is 0 Å². The zero-order chi connectivity index (χ0) is 29.7. The fourth-order valence-electron chi connectivity index (χ4n) is 5.55. The normalized spacial score (nSPS) is 17.5. The topological polar surface area (TPSA) is 18.5 Å². The molecule has 0 saturated heterocycles. The summed E-state index contributed by atoms with van der Waals surface area (Å²) in [6, 6.07) is 8.03. The van der Waals surface area contributed by atoms with E-state index in [1.165, 1.54) is 24.3 Å². The lowest BCUT2D eigenvalue weighted by atomic mass is 9.77. The van der Waals surface area contributed by atoms with E-state index in [-0.39, 0.29) is 40.5 Å². The molecular weight excluding hydrogens is 549 g/mol. The van der Waals surface area contributed by atoms with Crippen LogP contribution >= 0.6 is 0 Å². The fourth-order valence-corrected chi connectivity index (χ4v) is 5.55. The molecule has 0 N–H and O–H groups in total. The van der Waals surface area contributed by atoms with E-state index in [1.807, 2.05) is 0 Å². The number of halogens is 7. The van der Waals surface area contributed by atoms with Crippen molar-refractivity contribution in [3.63, 3.8) is 0 Å². The standard InChI is InChI=1S/C32H33F7O2/c1-3-5-19-6-8-20(9-7-19)23-12-10-21(28(34)29(23)35)16-17-32(38,39)41-27-15-13-24(30(36)31(27)37)22-11-14-26(40-4-2)25(33)18-22/h10-15,18-20H,3-9,16-17H2,1-2H3. The van der Waals surface area contributed by atoms with Gasteiger partial charge in [0.25, 0.3) is 0 Å². The van der Waals surface area contributed by atoms with Crippen molar-refractivity contribution in [3.05, 3.63) is 82.7 Å². The maximum atomic E-state index is 14.9. The quantitative estimate of drug-likeness (QED) is 0.210. The van der Waals surface area contributed by atoms with Crippen LogP contribution in [0.3, 0.4) is 0 Å². The lowest BCUT2D eigenvalue weighted by Crippen LogP contribution is -2.26. The summed E-state index contributed by atoms with van der Waals surface area (Å²) >= 11 is 0. The molecule has 0 bridgehead atoms. The van der Waals surface area contributed by atoms with E-state index in [1.54, 1.807) is 6.92 Å². The molecule has 0 amide bonds. The van der Waals surface area contributed by atoms with Crippen LogP contribution in [0.5, 0.6) is 11.5 Å². The molecule has 4 rings (SSSR count). The zero-order valence-electron chi connectivity index (χ0n) is 23.0. The highest BCUT2D eigenvalue weighted by molar-refractivity contribution is 5.66. The van der Waals surface area contributed by atoms with Crippen molar-refractivity contribution in [3.8, 4) is 22.6 Å². The van der Waals surface area contributed by atoms with Gasteiger partial charge in [0.15, 0.2) is 34.8 Å². The van der Waals surface area contributed by atoms with Gasteiger partial charge in [-0.05, 0) is 91.8 Å². The summed E-state index contributed by atoms with van der Waals surface area (Å²) < 4.78 is 112. The summed E-state index contributed by atoms with van der Waals surface area (Å²) in [5, 5.41) is 0. The van der Waals surface area contributed by atoms with E-state index < -0.39 is 53.8 Å². The van der Waals surface area contributed by atoms with Crippen molar-refractivity contribution in [2.75, 3.05) is 6.61 Å². The van der Waals surface area contributed by atoms with Crippen LogP contribution in [0.1, 0.15) is 75.8 Å². The second-order valence-corrected chi connectivity index (χ2v) is 10.5.